The molecule has 1 aromatic carbocycles. The lowest BCUT2D eigenvalue weighted by atomic mass is 10.1. The van der Waals surface area contributed by atoms with Gasteiger partial charge in [-0.3, -0.25) is 29.8 Å². The number of carbonyl (C=O) groups excluding carboxylic acids is 1. The highest BCUT2D eigenvalue weighted by atomic mass is 16.6. The molecule has 2 rings (SSSR count). The third kappa shape index (κ3) is 3.37. The van der Waals surface area contributed by atoms with E-state index in [-0.39, 0.29) is 23.4 Å². The number of nitrogens with two attached hydrogens (primary N) is 1. The quantitative estimate of drug-likeness (QED) is 0.636. The number of rotatable bonds is 5. The molecule has 0 fully saturated rings. The standard InChI is InChI=1S/C13H10N4O6/c14-13(19)8-1-2-9(11(5-8)17(22)23)6-15-7-10(16(20)21)3-4-12(15)18/h1-5,7H,6H2,(H2,14,19). The van der Waals surface area contributed by atoms with E-state index in [9.17, 15) is 29.8 Å². The molecule has 118 valence electrons. The fourth-order valence-corrected chi connectivity index (χ4v) is 1.95. The molecule has 0 saturated carbocycles. The lowest BCUT2D eigenvalue weighted by Gasteiger charge is -2.07. The van der Waals surface area contributed by atoms with Gasteiger partial charge in [0, 0.05) is 29.3 Å². The van der Waals surface area contributed by atoms with Gasteiger partial charge < -0.3 is 10.3 Å². The van der Waals surface area contributed by atoms with E-state index in [2.05, 4.69) is 0 Å². The number of benzene rings is 1. The number of amides is 1. The van der Waals surface area contributed by atoms with Gasteiger partial charge >= 0.3 is 0 Å². The summed E-state index contributed by atoms with van der Waals surface area (Å²) >= 11 is 0. The number of nitro benzene ring substituents is 1. The van der Waals surface area contributed by atoms with Gasteiger partial charge in [0.2, 0.25) is 5.91 Å². The molecule has 23 heavy (non-hydrogen) atoms. The molecule has 10 heteroatoms. The highest BCUT2D eigenvalue weighted by molar-refractivity contribution is 5.93. The number of aromatic nitrogens is 1. The van der Waals surface area contributed by atoms with E-state index < -0.39 is 27.0 Å². The van der Waals surface area contributed by atoms with E-state index in [1.54, 1.807) is 0 Å². The third-order valence-electron chi connectivity index (χ3n) is 3.09. The number of primary amides is 1. The van der Waals surface area contributed by atoms with Gasteiger partial charge in [-0.25, -0.2) is 0 Å². The molecular weight excluding hydrogens is 308 g/mol. The smallest absolute Gasteiger partial charge is 0.285 e. The average Bonchev–Trinajstić information content (AvgIpc) is 2.49. The van der Waals surface area contributed by atoms with Crippen LogP contribution in [-0.4, -0.2) is 20.3 Å². The predicted octanol–water partition coefficient (Wildman–Crippen LogP) is 0.812. The van der Waals surface area contributed by atoms with Crippen molar-refractivity contribution in [3.05, 3.63) is 78.2 Å². The normalized spacial score (nSPS) is 10.3. The van der Waals surface area contributed by atoms with Crippen molar-refractivity contribution in [2.45, 2.75) is 6.54 Å². The Hall–Kier alpha value is -3.56. The number of hydrogen-bond acceptors (Lipinski definition) is 6. The lowest BCUT2D eigenvalue weighted by Crippen LogP contribution is -2.20. The van der Waals surface area contributed by atoms with Crippen LogP contribution in [0.5, 0.6) is 0 Å². The zero-order valence-electron chi connectivity index (χ0n) is 11.5. The Bertz CT molecular complexity index is 873. The summed E-state index contributed by atoms with van der Waals surface area (Å²) in [4.78, 5) is 43.3. The van der Waals surface area contributed by atoms with Crippen LogP contribution in [0.25, 0.3) is 0 Å². The summed E-state index contributed by atoms with van der Waals surface area (Å²) in [6, 6.07) is 5.61. The van der Waals surface area contributed by atoms with Crippen LogP contribution in [0.15, 0.2) is 41.3 Å². The largest absolute Gasteiger partial charge is 0.366 e. The first-order valence-electron chi connectivity index (χ1n) is 6.21. The molecule has 2 N–H and O–H groups in total. The highest BCUT2D eigenvalue weighted by Crippen LogP contribution is 2.21. The molecule has 1 heterocycles. The Kier molecular flexibility index (Phi) is 4.16. The summed E-state index contributed by atoms with van der Waals surface area (Å²) in [6.45, 7) is -0.254. The number of carbonyl (C=O) groups is 1. The Balaban J connectivity index is 2.50. The van der Waals surface area contributed by atoms with Gasteiger partial charge in [0.1, 0.15) is 0 Å². The van der Waals surface area contributed by atoms with Gasteiger partial charge in [-0.1, -0.05) is 0 Å². The van der Waals surface area contributed by atoms with Crippen molar-refractivity contribution in [2.24, 2.45) is 5.73 Å². The van der Waals surface area contributed by atoms with Gasteiger partial charge in [-0.05, 0) is 12.1 Å². The Labute approximate surface area is 128 Å². The summed E-state index contributed by atoms with van der Waals surface area (Å²) in [7, 11) is 0. The van der Waals surface area contributed by atoms with E-state index in [4.69, 9.17) is 5.73 Å². The van der Waals surface area contributed by atoms with Crippen LogP contribution in [-0.2, 0) is 6.54 Å². The van der Waals surface area contributed by atoms with Crippen LogP contribution >= 0.6 is 0 Å². The summed E-state index contributed by atoms with van der Waals surface area (Å²) < 4.78 is 0.977. The van der Waals surface area contributed by atoms with Gasteiger partial charge in [-0.2, -0.15) is 0 Å². The van der Waals surface area contributed by atoms with Crippen LogP contribution in [0.2, 0.25) is 0 Å². The molecule has 0 atom stereocenters. The summed E-state index contributed by atoms with van der Waals surface area (Å²) in [5.41, 5.74) is 3.86. The molecule has 10 nitrogen and oxygen atoms in total. The van der Waals surface area contributed by atoms with Crippen molar-refractivity contribution in [2.75, 3.05) is 0 Å². The van der Waals surface area contributed by atoms with E-state index in [0.29, 0.717) is 0 Å². The minimum Gasteiger partial charge on any atom is -0.366 e. The van der Waals surface area contributed by atoms with Crippen molar-refractivity contribution in [3.63, 3.8) is 0 Å². The molecule has 0 radical (unpaired) electrons. The molecule has 0 aliphatic heterocycles. The second kappa shape index (κ2) is 6.05. The molecule has 0 saturated heterocycles. The van der Waals surface area contributed by atoms with Crippen molar-refractivity contribution in [1.29, 1.82) is 0 Å². The van der Waals surface area contributed by atoms with E-state index in [1.807, 2.05) is 0 Å². The summed E-state index contributed by atoms with van der Waals surface area (Å²) in [6.07, 6.45) is 0.994. The van der Waals surface area contributed by atoms with Crippen LogP contribution in [0.3, 0.4) is 0 Å². The lowest BCUT2D eigenvalue weighted by molar-refractivity contribution is -0.386. The topological polar surface area (TPSA) is 151 Å². The SMILES string of the molecule is NC(=O)c1ccc(Cn2cc([N+](=O)[O-])ccc2=O)c([N+](=O)[O-])c1. The molecule has 0 spiro atoms. The van der Waals surface area contributed by atoms with Gasteiger partial charge in [-0.15, -0.1) is 0 Å². The van der Waals surface area contributed by atoms with Crippen molar-refractivity contribution < 1.29 is 14.6 Å². The monoisotopic (exact) mass is 318 g/mol. The van der Waals surface area contributed by atoms with Crippen LogP contribution in [0, 0.1) is 20.2 Å². The van der Waals surface area contributed by atoms with Crippen LogP contribution in [0.1, 0.15) is 15.9 Å². The second-order valence-electron chi connectivity index (χ2n) is 4.58. The maximum atomic E-state index is 11.8. The highest BCUT2D eigenvalue weighted by Gasteiger charge is 2.18. The molecule has 0 bridgehead atoms. The van der Waals surface area contributed by atoms with E-state index in [1.165, 1.54) is 12.1 Å². The molecule has 1 amide bonds. The second-order valence-corrected chi connectivity index (χ2v) is 4.58. The summed E-state index contributed by atoms with van der Waals surface area (Å²) in [5, 5.41) is 21.8. The Morgan fingerprint density at radius 3 is 2.39 bits per heavy atom. The Morgan fingerprint density at radius 1 is 1.13 bits per heavy atom. The fraction of sp³-hybridized carbons (Fsp3) is 0.0769. The molecule has 0 aliphatic rings. The maximum absolute atomic E-state index is 11.8. The molecule has 0 unspecified atom stereocenters. The van der Waals surface area contributed by atoms with Gasteiger partial charge in [0.15, 0.2) is 0 Å². The van der Waals surface area contributed by atoms with Gasteiger partial charge in [0.05, 0.1) is 22.6 Å². The minimum absolute atomic E-state index is 0.0492. The van der Waals surface area contributed by atoms with Crippen molar-refractivity contribution in [3.8, 4) is 0 Å². The number of nitrogens with zero attached hydrogens (tertiary/aromatic N) is 3. The molecule has 1 aromatic heterocycles. The third-order valence-corrected chi connectivity index (χ3v) is 3.09. The van der Waals surface area contributed by atoms with Crippen molar-refractivity contribution >= 4 is 17.3 Å². The first-order chi connectivity index (χ1) is 10.8. The predicted molar refractivity (Wildman–Crippen MR) is 78.1 cm³/mol. The zero-order chi connectivity index (χ0) is 17.1. The van der Waals surface area contributed by atoms with E-state index >= 15 is 0 Å². The fourth-order valence-electron chi connectivity index (χ4n) is 1.95. The maximum Gasteiger partial charge on any atom is 0.285 e. The van der Waals surface area contributed by atoms with Crippen LogP contribution in [0.4, 0.5) is 11.4 Å². The number of nitro groups is 2. The first-order valence-corrected chi connectivity index (χ1v) is 6.21. The summed E-state index contributed by atoms with van der Waals surface area (Å²) in [5.74, 6) is -0.827. The number of hydrogen-bond donors (Lipinski definition) is 1. The first kappa shape index (κ1) is 15.8. The molecule has 2 aromatic rings. The van der Waals surface area contributed by atoms with E-state index in [0.717, 1.165) is 29.0 Å². The zero-order valence-corrected chi connectivity index (χ0v) is 11.5. The minimum atomic E-state index is -0.827. The van der Waals surface area contributed by atoms with Crippen LogP contribution < -0.4 is 11.3 Å². The average molecular weight is 318 g/mol. The molecule has 0 aliphatic carbocycles. The Morgan fingerprint density at radius 2 is 1.83 bits per heavy atom. The van der Waals surface area contributed by atoms with Crippen molar-refractivity contribution in [1.82, 2.24) is 4.57 Å². The van der Waals surface area contributed by atoms with Gasteiger partial charge in [0.25, 0.3) is 16.9 Å². The number of pyridine rings is 1. The molecular formula is C13H10N4O6.